The summed E-state index contributed by atoms with van der Waals surface area (Å²) < 4.78 is 13.5. The van der Waals surface area contributed by atoms with Gasteiger partial charge in [0.2, 0.25) is 0 Å². The molecule has 0 spiro atoms. The van der Waals surface area contributed by atoms with Crippen LogP contribution in [0.15, 0.2) is 42.6 Å². The van der Waals surface area contributed by atoms with E-state index in [2.05, 4.69) is 4.98 Å². The summed E-state index contributed by atoms with van der Waals surface area (Å²) in [5, 5.41) is 10.0. The monoisotopic (exact) mass is 329 g/mol. The molecule has 24 heavy (non-hydrogen) atoms. The van der Waals surface area contributed by atoms with Crippen molar-refractivity contribution in [1.82, 2.24) is 9.88 Å². The molecule has 126 valence electrons. The molecule has 1 aromatic carbocycles. The van der Waals surface area contributed by atoms with Gasteiger partial charge in [0.25, 0.3) is 5.91 Å². The van der Waals surface area contributed by atoms with Crippen LogP contribution in [-0.4, -0.2) is 47.6 Å². The molecular weight excluding hydrogens is 309 g/mol. The molecule has 1 amide bonds. The molecule has 1 aliphatic heterocycles. The molecule has 0 saturated carbocycles. The third-order valence-corrected chi connectivity index (χ3v) is 4.23. The Balaban J connectivity index is 1.86. The van der Waals surface area contributed by atoms with Gasteiger partial charge in [-0.15, -0.1) is 0 Å². The molecule has 5 nitrogen and oxygen atoms in total. The van der Waals surface area contributed by atoms with Crippen LogP contribution in [0.3, 0.4) is 0 Å². The van der Waals surface area contributed by atoms with Crippen molar-refractivity contribution in [3.05, 3.63) is 59.5 Å². The van der Waals surface area contributed by atoms with Crippen LogP contribution in [0.25, 0.3) is 0 Å². The number of aliphatic hydroxyl groups is 1. The molecule has 1 saturated heterocycles. The number of hydrogen-bond donors (Lipinski definition) is 1. The largest absolute Gasteiger partial charge is 0.391 e. The number of hydrogen-bond acceptors (Lipinski definition) is 4. The van der Waals surface area contributed by atoms with Crippen molar-refractivity contribution in [2.75, 3.05) is 25.5 Å². The van der Waals surface area contributed by atoms with E-state index in [1.54, 1.807) is 29.2 Å². The molecule has 0 radical (unpaired) electrons. The molecule has 6 heteroatoms. The first-order valence-corrected chi connectivity index (χ1v) is 7.83. The minimum Gasteiger partial charge on any atom is -0.391 e. The lowest BCUT2D eigenvalue weighted by Crippen LogP contribution is -2.32. The summed E-state index contributed by atoms with van der Waals surface area (Å²) in [6, 6.07) is 9.33. The molecule has 0 bridgehead atoms. The standard InChI is InChI=1S/C18H20FN3O2/c1-21(2)17-7-6-13(10-20-17)18(24)22-11-15(23)9-16(22)12-4-3-5-14(19)8-12/h3-8,10,15-16,23H,9,11H2,1-2H3/t15-,16-/m0/s1. The first-order chi connectivity index (χ1) is 11.5. The van der Waals surface area contributed by atoms with Crippen LogP contribution < -0.4 is 4.90 Å². The van der Waals surface area contributed by atoms with Crippen LogP contribution in [0, 0.1) is 5.82 Å². The maximum absolute atomic E-state index is 13.5. The fourth-order valence-electron chi connectivity index (χ4n) is 3.01. The lowest BCUT2D eigenvalue weighted by molar-refractivity contribution is 0.0715. The Labute approximate surface area is 140 Å². The molecule has 0 aliphatic carbocycles. The number of benzene rings is 1. The van der Waals surface area contributed by atoms with Crippen molar-refractivity contribution in [1.29, 1.82) is 0 Å². The fourth-order valence-corrected chi connectivity index (χ4v) is 3.01. The number of rotatable bonds is 3. The highest BCUT2D eigenvalue weighted by molar-refractivity contribution is 5.94. The summed E-state index contributed by atoms with van der Waals surface area (Å²) >= 11 is 0. The Kier molecular flexibility index (Phi) is 4.49. The summed E-state index contributed by atoms with van der Waals surface area (Å²) in [6.07, 6.45) is 1.32. The van der Waals surface area contributed by atoms with Gasteiger partial charge in [-0.1, -0.05) is 12.1 Å². The molecule has 1 aromatic heterocycles. The van der Waals surface area contributed by atoms with Crippen LogP contribution in [-0.2, 0) is 0 Å². The molecule has 1 aliphatic rings. The highest BCUT2D eigenvalue weighted by atomic mass is 19.1. The van der Waals surface area contributed by atoms with Crippen LogP contribution >= 0.6 is 0 Å². The van der Waals surface area contributed by atoms with E-state index < -0.39 is 6.10 Å². The Morgan fingerprint density at radius 3 is 2.75 bits per heavy atom. The molecular formula is C18H20FN3O2. The first kappa shape index (κ1) is 16.4. The van der Waals surface area contributed by atoms with E-state index in [4.69, 9.17) is 0 Å². The van der Waals surface area contributed by atoms with E-state index >= 15 is 0 Å². The average molecular weight is 329 g/mol. The number of β-amino-alcohol motifs (C(OH)–C–C–N with tert-alkyl or cyclic N) is 1. The quantitative estimate of drug-likeness (QED) is 0.938. The number of carbonyl (C=O) groups is 1. The molecule has 0 unspecified atom stereocenters. The summed E-state index contributed by atoms with van der Waals surface area (Å²) in [5.41, 5.74) is 1.15. The fraction of sp³-hybridized carbons (Fsp3) is 0.333. The van der Waals surface area contributed by atoms with Crippen LogP contribution in [0.2, 0.25) is 0 Å². The summed E-state index contributed by atoms with van der Waals surface area (Å²) in [5.74, 6) is 0.201. The number of aromatic nitrogens is 1. The van der Waals surface area contributed by atoms with Gasteiger partial charge in [-0.25, -0.2) is 9.37 Å². The minimum atomic E-state index is -0.615. The van der Waals surface area contributed by atoms with Gasteiger partial charge >= 0.3 is 0 Å². The van der Waals surface area contributed by atoms with E-state index in [9.17, 15) is 14.3 Å². The predicted octanol–water partition coefficient (Wildman–Crippen LogP) is 2.23. The van der Waals surface area contributed by atoms with Gasteiger partial charge < -0.3 is 14.9 Å². The van der Waals surface area contributed by atoms with Gasteiger partial charge in [-0.05, 0) is 36.2 Å². The van der Waals surface area contributed by atoms with Crippen LogP contribution in [0.4, 0.5) is 10.2 Å². The van der Waals surface area contributed by atoms with E-state index in [-0.39, 0.29) is 24.3 Å². The van der Waals surface area contributed by atoms with Gasteiger partial charge in [0, 0.05) is 26.8 Å². The van der Waals surface area contributed by atoms with E-state index in [1.165, 1.54) is 18.3 Å². The number of nitrogens with zero attached hydrogens (tertiary/aromatic N) is 3. The van der Waals surface area contributed by atoms with Crippen molar-refractivity contribution in [2.24, 2.45) is 0 Å². The third-order valence-electron chi connectivity index (χ3n) is 4.23. The van der Waals surface area contributed by atoms with Gasteiger partial charge in [0.05, 0.1) is 17.7 Å². The number of carbonyl (C=O) groups excluding carboxylic acids is 1. The summed E-state index contributed by atoms with van der Waals surface area (Å²) in [6.45, 7) is 0.232. The summed E-state index contributed by atoms with van der Waals surface area (Å²) in [4.78, 5) is 20.5. The number of halogens is 1. The Hall–Kier alpha value is -2.47. The first-order valence-electron chi connectivity index (χ1n) is 7.83. The number of pyridine rings is 1. The smallest absolute Gasteiger partial charge is 0.256 e. The molecule has 3 rings (SSSR count). The van der Waals surface area contributed by atoms with Gasteiger partial charge in [0.15, 0.2) is 0 Å². The second kappa shape index (κ2) is 6.57. The van der Waals surface area contributed by atoms with Crippen LogP contribution in [0.5, 0.6) is 0 Å². The van der Waals surface area contributed by atoms with Gasteiger partial charge in [-0.3, -0.25) is 4.79 Å². The van der Waals surface area contributed by atoms with Gasteiger partial charge in [0.1, 0.15) is 11.6 Å². The molecule has 2 aromatic rings. The molecule has 1 fully saturated rings. The highest BCUT2D eigenvalue weighted by Crippen LogP contribution is 2.33. The van der Waals surface area contributed by atoms with Crippen LogP contribution in [0.1, 0.15) is 28.4 Å². The zero-order chi connectivity index (χ0) is 17.3. The normalized spacial score (nSPS) is 20.2. The Bertz CT molecular complexity index is 733. The maximum atomic E-state index is 13.5. The van der Waals surface area contributed by atoms with Crippen molar-refractivity contribution in [2.45, 2.75) is 18.6 Å². The van der Waals surface area contributed by atoms with Crippen molar-refractivity contribution in [3.8, 4) is 0 Å². The predicted molar refractivity (Wildman–Crippen MR) is 89.4 cm³/mol. The molecule has 2 atom stereocenters. The van der Waals surface area contributed by atoms with E-state index in [0.29, 0.717) is 17.5 Å². The second-order valence-electron chi connectivity index (χ2n) is 6.22. The van der Waals surface area contributed by atoms with E-state index in [0.717, 1.165) is 5.82 Å². The molecule has 1 N–H and O–H groups in total. The van der Waals surface area contributed by atoms with E-state index in [1.807, 2.05) is 19.0 Å². The third kappa shape index (κ3) is 3.23. The zero-order valence-electron chi connectivity index (χ0n) is 13.7. The topological polar surface area (TPSA) is 56.7 Å². The van der Waals surface area contributed by atoms with Crippen molar-refractivity contribution >= 4 is 11.7 Å². The maximum Gasteiger partial charge on any atom is 0.256 e. The second-order valence-corrected chi connectivity index (χ2v) is 6.22. The average Bonchev–Trinajstić information content (AvgIpc) is 2.96. The lowest BCUT2D eigenvalue weighted by Gasteiger charge is -2.25. The number of aliphatic hydroxyl groups excluding tert-OH is 1. The van der Waals surface area contributed by atoms with Crippen molar-refractivity contribution < 1.29 is 14.3 Å². The van der Waals surface area contributed by atoms with Gasteiger partial charge in [-0.2, -0.15) is 0 Å². The summed E-state index contributed by atoms with van der Waals surface area (Å²) in [7, 11) is 3.75. The number of anilines is 1. The number of amides is 1. The zero-order valence-corrected chi connectivity index (χ0v) is 13.7. The lowest BCUT2D eigenvalue weighted by atomic mass is 10.0. The Morgan fingerprint density at radius 1 is 1.33 bits per heavy atom. The minimum absolute atomic E-state index is 0.210. The van der Waals surface area contributed by atoms with Crippen molar-refractivity contribution in [3.63, 3.8) is 0 Å². The number of likely N-dealkylation sites (tertiary alicyclic amines) is 1. The highest BCUT2D eigenvalue weighted by Gasteiger charge is 2.36. The SMILES string of the molecule is CN(C)c1ccc(C(=O)N2C[C@@H](O)C[C@H]2c2cccc(F)c2)cn1. The Morgan fingerprint density at radius 2 is 2.12 bits per heavy atom. The molecule has 2 heterocycles.